The van der Waals surface area contributed by atoms with Crippen LogP contribution in [0.3, 0.4) is 0 Å². The lowest BCUT2D eigenvalue weighted by Gasteiger charge is -2.27. The first-order valence-electron chi connectivity index (χ1n) is 26.3. The Morgan fingerprint density at radius 2 is 1.13 bits per heavy atom. The number of carbonyl (C=O) groups excluding carboxylic acids is 9. The van der Waals surface area contributed by atoms with E-state index in [0.717, 1.165) is 16.5 Å². The second-order valence-corrected chi connectivity index (χ2v) is 20.0. The number of fused-ring (bicyclic) bond motifs is 1. The third kappa shape index (κ3) is 20.6. The van der Waals surface area contributed by atoms with Crippen molar-refractivity contribution in [1.29, 1.82) is 0 Å². The highest BCUT2D eigenvalue weighted by Crippen LogP contribution is 2.20. The van der Waals surface area contributed by atoms with Crippen molar-refractivity contribution in [2.24, 2.45) is 27.9 Å². The van der Waals surface area contributed by atoms with Crippen LogP contribution < -0.4 is 65.5 Å². The van der Waals surface area contributed by atoms with E-state index < -0.39 is 108 Å². The summed E-state index contributed by atoms with van der Waals surface area (Å²) in [6.45, 7) is 1.01. The number of aliphatic imine (C=N–C) groups is 1. The number of aliphatic hydroxyl groups is 1. The van der Waals surface area contributed by atoms with E-state index in [-0.39, 0.29) is 75.5 Å². The van der Waals surface area contributed by atoms with Crippen molar-refractivity contribution in [1.82, 2.24) is 57.5 Å². The van der Waals surface area contributed by atoms with Gasteiger partial charge >= 0.3 is 0 Å². The van der Waals surface area contributed by atoms with Crippen LogP contribution in [0, 0.1) is 0 Å². The molecule has 0 bridgehead atoms. The number of carbonyl (C=O) groups is 9. The molecule has 0 aliphatic heterocycles. The third-order valence-corrected chi connectivity index (χ3v) is 13.6. The average Bonchev–Trinajstić information content (AvgIpc) is 4.29. The molecule has 3 aromatic carbocycles. The maximum atomic E-state index is 14.7. The van der Waals surface area contributed by atoms with Crippen LogP contribution in [0.4, 0.5) is 0 Å². The van der Waals surface area contributed by atoms with Crippen molar-refractivity contribution >= 4 is 95.3 Å². The molecule has 0 fully saturated rings. The normalized spacial score (nSPS) is 14.4. The lowest BCUT2D eigenvalue weighted by molar-refractivity contribution is -0.135. The number of primary amides is 1. The Morgan fingerprint density at radius 3 is 1.72 bits per heavy atom. The predicted octanol–water partition coefficient (Wildman–Crippen LogP) is -2.83. The summed E-state index contributed by atoms with van der Waals surface area (Å²) in [6, 6.07) is 14.6. The summed E-state index contributed by atoms with van der Waals surface area (Å²) in [5.74, 6) is -7.72. The van der Waals surface area contributed by atoms with E-state index in [2.05, 4.69) is 87.7 Å². The van der Waals surface area contributed by atoms with Crippen molar-refractivity contribution in [3.63, 3.8) is 0 Å². The van der Waals surface area contributed by atoms with E-state index in [1.165, 1.54) is 19.4 Å². The Kier molecular flexibility index (Phi) is 25.7. The van der Waals surface area contributed by atoms with Gasteiger partial charge in [-0.3, -0.25) is 48.1 Å². The van der Waals surface area contributed by atoms with Gasteiger partial charge in [0.15, 0.2) is 5.96 Å². The molecule has 5 rings (SSSR count). The van der Waals surface area contributed by atoms with E-state index >= 15 is 0 Å². The number of benzene rings is 3. The maximum absolute atomic E-state index is 14.7. The van der Waals surface area contributed by atoms with Crippen LogP contribution in [0.15, 0.2) is 109 Å². The minimum absolute atomic E-state index is 0.0389. The Balaban J connectivity index is 1.37. The fraction of sp³-hybridized carbons (Fsp3) is 0.389. The zero-order valence-corrected chi connectivity index (χ0v) is 46.8. The monoisotopic (exact) mass is 1170 g/mol. The average molecular weight is 1170 g/mol. The summed E-state index contributed by atoms with van der Waals surface area (Å²) >= 11 is 8.44. The first-order chi connectivity index (χ1) is 39.3. The molecule has 0 unspecified atom stereocenters. The largest absolute Gasteiger partial charge is 0.391 e. The van der Waals surface area contributed by atoms with Gasteiger partial charge in [-0.15, -0.1) is 0 Å². The van der Waals surface area contributed by atoms with Gasteiger partial charge in [-0.25, -0.2) is 4.98 Å². The van der Waals surface area contributed by atoms with Crippen LogP contribution in [-0.4, -0.2) is 158 Å². The SMILES string of the molecule is C[C@@H](O)[C@H](NC(=O)[C@@H](CS)NC(=O)CCNC(=O)[C@H](Cc1c[nH]c2ccccc12)NC(=O)[C@H](CCCN=C(N)N)NC(=O)[C@@H](Cc1ccccc1)NC(=O)[C@H](Cc1cnc[nH]1)NC(=O)[C@H](CS)NC(=O)[C@H](N)Cc1ccccc1)C(N)=O. The Bertz CT molecular complexity index is 2960. The van der Waals surface area contributed by atoms with Crippen LogP contribution in [-0.2, 0) is 68.8 Å². The number of thiol groups is 2. The zero-order valence-electron chi connectivity index (χ0n) is 45.0. The Labute approximate surface area is 483 Å². The fourth-order valence-corrected chi connectivity index (χ4v) is 8.99. The second kappa shape index (κ2) is 32.7. The number of nitrogens with zero attached hydrogens (tertiary/aromatic N) is 2. The van der Waals surface area contributed by atoms with Crippen molar-refractivity contribution in [3.05, 3.63) is 126 Å². The number of nitrogens with two attached hydrogens (primary N) is 4. The minimum Gasteiger partial charge on any atom is -0.391 e. The number of H-pyrrole nitrogens is 2. The topological polar surface area (TPSA) is 431 Å². The van der Waals surface area contributed by atoms with Crippen LogP contribution >= 0.6 is 25.3 Å². The molecule has 9 amide bonds. The molecule has 9 atom stereocenters. The third-order valence-electron chi connectivity index (χ3n) is 12.9. The lowest BCUT2D eigenvalue weighted by atomic mass is 10.0. The summed E-state index contributed by atoms with van der Waals surface area (Å²) < 4.78 is 0. The molecule has 19 N–H and O–H groups in total. The molecule has 0 saturated carbocycles. The van der Waals surface area contributed by atoms with Gasteiger partial charge in [0.2, 0.25) is 53.2 Å². The van der Waals surface area contributed by atoms with E-state index in [1.807, 2.05) is 36.4 Å². The first kappa shape index (κ1) is 64.4. The molecular weight excluding hydrogens is 1100 g/mol. The number of para-hydroxylation sites is 1. The molecule has 0 spiro atoms. The van der Waals surface area contributed by atoms with Crippen molar-refractivity contribution < 1.29 is 48.3 Å². The van der Waals surface area contributed by atoms with E-state index in [9.17, 15) is 48.3 Å². The molecule has 26 nitrogen and oxygen atoms in total. The summed E-state index contributed by atoms with van der Waals surface area (Å²) in [4.78, 5) is 137. The van der Waals surface area contributed by atoms with Gasteiger partial charge < -0.3 is 80.5 Å². The van der Waals surface area contributed by atoms with E-state index in [1.54, 1.807) is 54.7 Å². The standard InChI is InChI=1S/C54H72N16O10S2/c1-30(71)45(46(56)73)70-53(80)42(27-81)64-44(72)18-20-60-48(75)40(23-33-25-62-37-16-9-8-15-35(33)37)67-49(76)38(17-10-19-61-54(57)58)65-50(77)39(22-32-13-6-3-7-14-32)66-51(78)41(24-34-26-59-29-63-34)68-52(79)43(28-82)69-47(74)36(55)21-31-11-4-2-5-12-31/h2-9,11-16,25-26,29-30,36,38-43,45,62,71,81-82H,10,17-24,27-28,55H2,1H3,(H2,56,73)(H,59,63)(H,60,75)(H,64,72)(H,65,77)(H,66,78)(H,67,76)(H,68,79)(H,69,74)(H,70,80)(H4,57,58,61)/t30-,36-,38+,39-,40+,41+,42-,43+,45+/m1/s1. The van der Waals surface area contributed by atoms with Crippen LogP contribution in [0.5, 0.6) is 0 Å². The smallest absolute Gasteiger partial charge is 0.244 e. The molecule has 82 heavy (non-hydrogen) atoms. The van der Waals surface area contributed by atoms with E-state index in [4.69, 9.17) is 22.9 Å². The summed E-state index contributed by atoms with van der Waals surface area (Å²) in [7, 11) is 0. The fourth-order valence-electron chi connectivity index (χ4n) is 8.48. The Hall–Kier alpha value is -8.47. The highest BCUT2D eigenvalue weighted by atomic mass is 32.1. The predicted molar refractivity (Wildman–Crippen MR) is 312 cm³/mol. The Morgan fingerprint density at radius 1 is 0.610 bits per heavy atom. The quantitative estimate of drug-likeness (QED) is 0.00872. The van der Waals surface area contributed by atoms with Gasteiger partial charge in [0, 0.05) is 79.3 Å². The zero-order chi connectivity index (χ0) is 59.7. The number of aromatic amines is 2. The van der Waals surface area contributed by atoms with Crippen LogP contribution in [0.1, 0.15) is 48.6 Å². The number of rotatable bonds is 33. The molecule has 2 aromatic heterocycles. The first-order valence-corrected chi connectivity index (χ1v) is 27.5. The molecule has 0 radical (unpaired) electrons. The molecular formula is C54H72N16O10S2. The number of amides is 9. The highest BCUT2D eigenvalue weighted by molar-refractivity contribution is 7.80. The lowest BCUT2D eigenvalue weighted by Crippen LogP contribution is -2.60. The molecule has 0 aliphatic carbocycles. The highest BCUT2D eigenvalue weighted by Gasteiger charge is 2.34. The molecule has 28 heteroatoms. The van der Waals surface area contributed by atoms with Crippen LogP contribution in [0.25, 0.3) is 10.9 Å². The molecule has 440 valence electrons. The van der Waals surface area contributed by atoms with Gasteiger partial charge in [0.25, 0.3) is 0 Å². The van der Waals surface area contributed by atoms with Gasteiger partial charge in [0.05, 0.1) is 18.5 Å². The van der Waals surface area contributed by atoms with Gasteiger partial charge in [-0.05, 0) is 48.9 Å². The number of guanidine groups is 1. The van der Waals surface area contributed by atoms with Gasteiger partial charge in [-0.2, -0.15) is 25.3 Å². The molecule has 2 heterocycles. The second-order valence-electron chi connectivity index (χ2n) is 19.2. The van der Waals surface area contributed by atoms with Crippen molar-refractivity contribution in [2.45, 2.75) is 106 Å². The molecule has 0 aliphatic rings. The number of nitrogens with one attached hydrogen (secondary N) is 10. The van der Waals surface area contributed by atoms with Gasteiger partial charge in [0.1, 0.15) is 42.3 Å². The maximum Gasteiger partial charge on any atom is 0.244 e. The van der Waals surface area contributed by atoms with Crippen molar-refractivity contribution in [3.8, 4) is 0 Å². The molecule has 0 saturated heterocycles. The summed E-state index contributed by atoms with van der Waals surface area (Å²) in [5, 5.41) is 31.6. The number of aliphatic hydroxyl groups excluding tert-OH is 1. The number of hydrogen-bond acceptors (Lipinski definition) is 15. The van der Waals surface area contributed by atoms with Crippen LogP contribution in [0.2, 0.25) is 0 Å². The summed E-state index contributed by atoms with van der Waals surface area (Å²) in [6.07, 6.45) is 2.75. The number of aromatic nitrogens is 3. The van der Waals surface area contributed by atoms with Gasteiger partial charge in [-0.1, -0.05) is 78.9 Å². The minimum atomic E-state index is -1.44. The number of imidazole rings is 1. The van der Waals surface area contributed by atoms with E-state index in [0.29, 0.717) is 16.8 Å². The summed E-state index contributed by atoms with van der Waals surface area (Å²) in [5.41, 5.74) is 25.9. The number of hydrogen-bond donors (Lipinski definition) is 17. The van der Waals surface area contributed by atoms with Crippen molar-refractivity contribution in [2.75, 3.05) is 24.6 Å². The molecule has 5 aromatic rings.